The van der Waals surface area contributed by atoms with Crippen molar-refractivity contribution in [3.63, 3.8) is 0 Å². The summed E-state index contributed by atoms with van der Waals surface area (Å²) in [6, 6.07) is 0.219. The van der Waals surface area contributed by atoms with E-state index in [9.17, 15) is 4.79 Å². The molecule has 90 valence electrons. The number of ether oxygens (including phenoxy) is 1. The molecule has 0 aliphatic carbocycles. The van der Waals surface area contributed by atoms with Crippen LogP contribution in [0.15, 0.2) is 6.33 Å². The Morgan fingerprint density at radius 3 is 2.69 bits per heavy atom. The van der Waals surface area contributed by atoms with Gasteiger partial charge in [-0.1, -0.05) is 0 Å². The first-order chi connectivity index (χ1) is 7.50. The molecular weight excluding hydrogens is 206 g/mol. The lowest BCUT2D eigenvalue weighted by atomic mass is 10.2. The zero-order valence-corrected chi connectivity index (χ0v) is 10.3. The van der Waals surface area contributed by atoms with Crippen molar-refractivity contribution in [2.75, 3.05) is 6.61 Å². The van der Waals surface area contributed by atoms with Crippen molar-refractivity contribution >= 4 is 5.78 Å². The van der Waals surface area contributed by atoms with Gasteiger partial charge in [0.2, 0.25) is 0 Å². The second kappa shape index (κ2) is 5.75. The van der Waals surface area contributed by atoms with E-state index in [0.29, 0.717) is 5.82 Å². The van der Waals surface area contributed by atoms with Gasteiger partial charge in [-0.05, 0) is 27.7 Å². The van der Waals surface area contributed by atoms with Crippen LogP contribution < -0.4 is 0 Å². The van der Waals surface area contributed by atoms with Crippen molar-refractivity contribution in [3.8, 4) is 0 Å². The van der Waals surface area contributed by atoms with E-state index < -0.39 is 0 Å². The monoisotopic (exact) mass is 225 g/mol. The average molecular weight is 225 g/mol. The Balaban J connectivity index is 2.53. The Hall–Kier alpha value is -1.23. The summed E-state index contributed by atoms with van der Waals surface area (Å²) in [7, 11) is 0. The number of carbonyl (C=O) groups excluding carboxylic acids is 1. The molecule has 0 saturated heterocycles. The van der Waals surface area contributed by atoms with E-state index in [-0.39, 0.29) is 31.0 Å². The highest BCUT2D eigenvalue weighted by Gasteiger charge is 2.12. The van der Waals surface area contributed by atoms with Crippen molar-refractivity contribution in [1.29, 1.82) is 0 Å². The summed E-state index contributed by atoms with van der Waals surface area (Å²) in [5, 5.41) is 4.08. The van der Waals surface area contributed by atoms with E-state index in [1.54, 1.807) is 4.68 Å². The SMILES string of the molecule is CC(C)OCC(=O)Cc1ncnn1C(C)C. The van der Waals surface area contributed by atoms with Gasteiger partial charge in [0.05, 0.1) is 12.5 Å². The Bertz CT molecular complexity index is 345. The number of aromatic nitrogens is 3. The summed E-state index contributed by atoms with van der Waals surface area (Å²) in [5.41, 5.74) is 0. The predicted molar refractivity (Wildman–Crippen MR) is 60.2 cm³/mol. The van der Waals surface area contributed by atoms with E-state index in [4.69, 9.17) is 4.74 Å². The second-order valence-electron chi connectivity index (χ2n) is 4.29. The third-order valence-electron chi connectivity index (χ3n) is 2.07. The summed E-state index contributed by atoms with van der Waals surface area (Å²) < 4.78 is 7.00. The Morgan fingerprint density at radius 2 is 2.12 bits per heavy atom. The van der Waals surface area contributed by atoms with Gasteiger partial charge >= 0.3 is 0 Å². The molecule has 0 aliphatic heterocycles. The number of hydrogen-bond donors (Lipinski definition) is 0. The van der Waals surface area contributed by atoms with Crippen molar-refractivity contribution in [3.05, 3.63) is 12.2 Å². The summed E-state index contributed by atoms with van der Waals surface area (Å²) in [6.07, 6.45) is 1.84. The molecule has 5 nitrogen and oxygen atoms in total. The third-order valence-corrected chi connectivity index (χ3v) is 2.07. The van der Waals surface area contributed by atoms with Gasteiger partial charge in [0, 0.05) is 6.04 Å². The number of ketones is 1. The Morgan fingerprint density at radius 1 is 1.44 bits per heavy atom. The highest BCUT2D eigenvalue weighted by Crippen LogP contribution is 2.06. The van der Waals surface area contributed by atoms with Crippen LogP contribution in [0.1, 0.15) is 39.6 Å². The van der Waals surface area contributed by atoms with Gasteiger partial charge in [0.15, 0.2) is 5.78 Å². The van der Waals surface area contributed by atoms with E-state index >= 15 is 0 Å². The first-order valence-corrected chi connectivity index (χ1v) is 5.52. The van der Waals surface area contributed by atoms with Gasteiger partial charge < -0.3 is 4.74 Å². The van der Waals surface area contributed by atoms with Gasteiger partial charge in [-0.2, -0.15) is 5.10 Å². The maximum absolute atomic E-state index is 11.6. The normalized spacial score (nSPS) is 11.4. The maximum Gasteiger partial charge on any atom is 0.166 e. The standard InChI is InChI=1S/C11H19N3O2/c1-8(2)14-11(12-7-13-14)5-10(15)6-16-9(3)4/h7-9H,5-6H2,1-4H3. The predicted octanol–water partition coefficient (Wildman–Crippen LogP) is 1.40. The zero-order chi connectivity index (χ0) is 12.1. The van der Waals surface area contributed by atoms with Crippen LogP contribution in [-0.2, 0) is 16.0 Å². The fraction of sp³-hybridized carbons (Fsp3) is 0.727. The summed E-state index contributed by atoms with van der Waals surface area (Å²) in [4.78, 5) is 15.7. The number of rotatable bonds is 6. The molecule has 0 radical (unpaired) electrons. The molecular formula is C11H19N3O2. The molecule has 0 spiro atoms. The topological polar surface area (TPSA) is 57.0 Å². The molecule has 0 aliphatic rings. The van der Waals surface area contributed by atoms with Crippen molar-refractivity contribution in [2.24, 2.45) is 0 Å². The van der Waals surface area contributed by atoms with Gasteiger partial charge in [0.25, 0.3) is 0 Å². The van der Waals surface area contributed by atoms with Crippen LogP contribution in [0.4, 0.5) is 0 Å². The minimum absolute atomic E-state index is 0.0311. The van der Waals surface area contributed by atoms with E-state index in [0.717, 1.165) is 0 Å². The van der Waals surface area contributed by atoms with E-state index in [2.05, 4.69) is 10.1 Å². The van der Waals surface area contributed by atoms with Crippen LogP contribution in [0.25, 0.3) is 0 Å². The molecule has 0 atom stereocenters. The quantitative estimate of drug-likeness (QED) is 0.734. The lowest BCUT2D eigenvalue weighted by molar-refractivity contribution is -0.124. The van der Waals surface area contributed by atoms with Crippen LogP contribution >= 0.6 is 0 Å². The molecule has 1 aromatic rings. The van der Waals surface area contributed by atoms with Crippen molar-refractivity contribution in [1.82, 2.24) is 14.8 Å². The minimum Gasteiger partial charge on any atom is -0.371 e. The van der Waals surface area contributed by atoms with Gasteiger partial charge in [-0.25, -0.2) is 9.67 Å². The molecule has 5 heteroatoms. The molecule has 1 rings (SSSR count). The number of Topliss-reactive ketones (excluding diaryl/α,β-unsaturated/α-hetero) is 1. The smallest absolute Gasteiger partial charge is 0.166 e. The summed E-state index contributed by atoms with van der Waals surface area (Å²) >= 11 is 0. The third kappa shape index (κ3) is 3.73. The molecule has 16 heavy (non-hydrogen) atoms. The summed E-state index contributed by atoms with van der Waals surface area (Å²) in [6.45, 7) is 7.97. The average Bonchev–Trinajstić information content (AvgIpc) is 2.62. The van der Waals surface area contributed by atoms with Crippen molar-refractivity contribution in [2.45, 2.75) is 46.3 Å². The van der Waals surface area contributed by atoms with Crippen LogP contribution in [0, 0.1) is 0 Å². The molecule has 0 amide bonds. The molecule has 0 aromatic carbocycles. The minimum atomic E-state index is 0.0311. The second-order valence-corrected chi connectivity index (χ2v) is 4.29. The number of hydrogen-bond acceptors (Lipinski definition) is 4. The molecule has 0 bridgehead atoms. The molecule has 0 saturated carbocycles. The largest absolute Gasteiger partial charge is 0.371 e. The van der Waals surface area contributed by atoms with Gasteiger partial charge in [-0.15, -0.1) is 0 Å². The molecule has 0 unspecified atom stereocenters. The fourth-order valence-corrected chi connectivity index (χ4v) is 1.32. The highest BCUT2D eigenvalue weighted by atomic mass is 16.5. The van der Waals surface area contributed by atoms with Crippen LogP contribution in [0.3, 0.4) is 0 Å². The molecule has 1 aromatic heterocycles. The van der Waals surface area contributed by atoms with Crippen LogP contribution in [0.2, 0.25) is 0 Å². The molecule has 1 heterocycles. The lowest BCUT2D eigenvalue weighted by Crippen LogP contribution is -2.18. The Labute approximate surface area is 95.8 Å². The van der Waals surface area contributed by atoms with E-state index in [1.807, 2.05) is 27.7 Å². The molecule has 0 fully saturated rings. The van der Waals surface area contributed by atoms with Gasteiger partial charge in [0.1, 0.15) is 18.8 Å². The summed E-state index contributed by atoms with van der Waals surface area (Å²) in [5.74, 6) is 0.732. The van der Waals surface area contributed by atoms with Gasteiger partial charge in [-0.3, -0.25) is 4.79 Å². The fourth-order valence-electron chi connectivity index (χ4n) is 1.32. The lowest BCUT2D eigenvalue weighted by Gasteiger charge is -2.09. The first-order valence-electron chi connectivity index (χ1n) is 5.52. The Kier molecular flexibility index (Phi) is 4.61. The van der Waals surface area contributed by atoms with Crippen LogP contribution in [0.5, 0.6) is 0 Å². The first kappa shape index (κ1) is 12.8. The van der Waals surface area contributed by atoms with Crippen LogP contribution in [-0.4, -0.2) is 33.3 Å². The zero-order valence-electron chi connectivity index (χ0n) is 10.3. The number of nitrogens with zero attached hydrogens (tertiary/aromatic N) is 3. The highest BCUT2D eigenvalue weighted by molar-refractivity contribution is 5.81. The van der Waals surface area contributed by atoms with E-state index in [1.165, 1.54) is 6.33 Å². The molecule has 0 N–H and O–H groups in total. The maximum atomic E-state index is 11.6. The van der Waals surface area contributed by atoms with Crippen molar-refractivity contribution < 1.29 is 9.53 Å². The number of carbonyl (C=O) groups is 1.